The lowest BCUT2D eigenvalue weighted by Crippen LogP contribution is -2.27. The third-order valence-corrected chi connectivity index (χ3v) is 3.40. The van der Waals surface area contributed by atoms with Crippen LogP contribution in [0.25, 0.3) is 0 Å². The third-order valence-electron chi connectivity index (χ3n) is 3.40. The molecule has 132 valence electrons. The number of hydrogen-bond donors (Lipinski definition) is 1. The molecule has 7 nitrogen and oxygen atoms in total. The Bertz CT molecular complexity index is 797. The number of carbonyl (C=O) groups is 2. The zero-order chi connectivity index (χ0) is 18.6. The SMILES string of the molecule is COC(=O)C1=C(C(=O)OC)N(c2cc(O)c(F)cc2OC)C=CC=C1. The van der Waals surface area contributed by atoms with Crippen LogP contribution in [-0.4, -0.2) is 38.4 Å². The summed E-state index contributed by atoms with van der Waals surface area (Å²) in [4.78, 5) is 25.6. The predicted molar refractivity (Wildman–Crippen MR) is 86.4 cm³/mol. The van der Waals surface area contributed by atoms with Gasteiger partial charge in [-0.1, -0.05) is 6.08 Å². The van der Waals surface area contributed by atoms with Gasteiger partial charge in [-0.15, -0.1) is 0 Å². The minimum absolute atomic E-state index is 0.0347. The summed E-state index contributed by atoms with van der Waals surface area (Å²) in [5.41, 5.74) is -0.128. The highest BCUT2D eigenvalue weighted by atomic mass is 19.1. The van der Waals surface area contributed by atoms with Crippen molar-refractivity contribution in [3.05, 3.63) is 53.6 Å². The highest BCUT2D eigenvalue weighted by Crippen LogP contribution is 2.37. The summed E-state index contributed by atoms with van der Waals surface area (Å²) in [6.07, 6.45) is 5.88. The van der Waals surface area contributed by atoms with Gasteiger partial charge in [0.05, 0.1) is 32.6 Å². The summed E-state index contributed by atoms with van der Waals surface area (Å²) in [6.45, 7) is 0. The van der Waals surface area contributed by atoms with Gasteiger partial charge in [0, 0.05) is 18.3 Å². The smallest absolute Gasteiger partial charge is 0.355 e. The van der Waals surface area contributed by atoms with E-state index < -0.39 is 23.5 Å². The van der Waals surface area contributed by atoms with E-state index in [4.69, 9.17) is 14.2 Å². The minimum Gasteiger partial charge on any atom is -0.505 e. The van der Waals surface area contributed by atoms with Gasteiger partial charge in [0.25, 0.3) is 0 Å². The average molecular weight is 349 g/mol. The molecular weight excluding hydrogens is 333 g/mol. The number of ether oxygens (including phenoxy) is 3. The molecule has 0 amide bonds. The number of benzene rings is 1. The zero-order valence-electron chi connectivity index (χ0n) is 13.8. The number of phenols is 1. The Morgan fingerprint density at radius 1 is 1.08 bits per heavy atom. The predicted octanol–water partition coefficient (Wildman–Crippen LogP) is 2.03. The topological polar surface area (TPSA) is 85.3 Å². The van der Waals surface area contributed by atoms with E-state index in [9.17, 15) is 19.1 Å². The maximum absolute atomic E-state index is 13.6. The van der Waals surface area contributed by atoms with Crippen LogP contribution in [0.2, 0.25) is 0 Å². The van der Waals surface area contributed by atoms with Crippen molar-refractivity contribution in [1.82, 2.24) is 0 Å². The monoisotopic (exact) mass is 349 g/mol. The summed E-state index contributed by atoms with van der Waals surface area (Å²) >= 11 is 0. The highest BCUT2D eigenvalue weighted by Gasteiger charge is 2.29. The Kier molecular flexibility index (Phi) is 5.43. The largest absolute Gasteiger partial charge is 0.505 e. The Morgan fingerprint density at radius 3 is 2.36 bits per heavy atom. The van der Waals surface area contributed by atoms with Gasteiger partial charge in [-0.05, 0) is 12.2 Å². The standard InChI is InChI=1S/C17H16FNO6/c1-23-14-8-11(18)13(20)9-12(14)19-7-5-4-6-10(16(21)24-2)15(19)17(22)25-3/h4-9,20H,1-3H3. The van der Waals surface area contributed by atoms with Crippen molar-refractivity contribution in [1.29, 1.82) is 0 Å². The number of aromatic hydroxyl groups is 1. The molecule has 0 fully saturated rings. The molecule has 0 aliphatic carbocycles. The van der Waals surface area contributed by atoms with Crippen molar-refractivity contribution in [2.24, 2.45) is 0 Å². The summed E-state index contributed by atoms with van der Waals surface area (Å²) in [7, 11) is 3.63. The number of allylic oxidation sites excluding steroid dienone is 2. The molecular formula is C17H16FNO6. The molecule has 1 aromatic rings. The second-order valence-corrected chi connectivity index (χ2v) is 4.79. The first kappa shape index (κ1) is 18.1. The second kappa shape index (κ2) is 7.52. The van der Waals surface area contributed by atoms with Gasteiger partial charge in [0.15, 0.2) is 11.6 Å². The van der Waals surface area contributed by atoms with Gasteiger partial charge in [0.2, 0.25) is 0 Å². The summed E-state index contributed by atoms with van der Waals surface area (Å²) in [6, 6.07) is 2.03. The molecule has 0 radical (unpaired) electrons. The molecule has 1 heterocycles. The quantitative estimate of drug-likeness (QED) is 0.833. The van der Waals surface area contributed by atoms with E-state index in [1.807, 2.05) is 0 Å². The molecule has 8 heteroatoms. The van der Waals surface area contributed by atoms with E-state index in [1.54, 1.807) is 6.08 Å². The van der Waals surface area contributed by atoms with Gasteiger partial charge < -0.3 is 24.2 Å². The van der Waals surface area contributed by atoms with Gasteiger partial charge >= 0.3 is 11.9 Å². The molecule has 1 N–H and O–H groups in total. The van der Waals surface area contributed by atoms with Gasteiger partial charge in [-0.2, -0.15) is 0 Å². The van der Waals surface area contributed by atoms with Crippen LogP contribution in [0.15, 0.2) is 47.8 Å². The lowest BCUT2D eigenvalue weighted by molar-refractivity contribution is -0.139. The van der Waals surface area contributed by atoms with E-state index in [2.05, 4.69) is 0 Å². The van der Waals surface area contributed by atoms with Gasteiger partial charge in [0.1, 0.15) is 11.4 Å². The molecule has 1 aliphatic rings. The average Bonchev–Trinajstić information content (AvgIpc) is 2.85. The fourth-order valence-corrected chi connectivity index (χ4v) is 2.24. The van der Waals surface area contributed by atoms with Crippen molar-refractivity contribution in [2.45, 2.75) is 0 Å². The van der Waals surface area contributed by atoms with Gasteiger partial charge in [-0.3, -0.25) is 0 Å². The van der Waals surface area contributed by atoms with E-state index in [0.29, 0.717) is 0 Å². The van der Waals surface area contributed by atoms with Crippen LogP contribution in [0, 0.1) is 5.82 Å². The molecule has 1 aromatic carbocycles. The summed E-state index contributed by atoms with van der Waals surface area (Å²) < 4.78 is 28.2. The molecule has 1 aliphatic heterocycles. The fourth-order valence-electron chi connectivity index (χ4n) is 2.24. The maximum atomic E-state index is 13.6. The fraction of sp³-hybridized carbons (Fsp3) is 0.176. The van der Waals surface area contributed by atoms with E-state index in [-0.39, 0.29) is 22.7 Å². The lowest BCUT2D eigenvalue weighted by Gasteiger charge is -2.25. The first-order valence-electron chi connectivity index (χ1n) is 7.06. The molecule has 0 spiro atoms. The number of rotatable bonds is 4. The zero-order valence-corrected chi connectivity index (χ0v) is 13.8. The number of carbonyl (C=O) groups excluding carboxylic acids is 2. The van der Waals surface area contributed by atoms with Crippen LogP contribution < -0.4 is 9.64 Å². The maximum Gasteiger partial charge on any atom is 0.355 e. The molecule has 0 bridgehead atoms. The molecule has 0 unspecified atom stereocenters. The molecule has 0 atom stereocenters. The van der Waals surface area contributed by atoms with Crippen molar-refractivity contribution in [3.63, 3.8) is 0 Å². The molecule has 2 rings (SSSR count). The van der Waals surface area contributed by atoms with Crippen LogP contribution >= 0.6 is 0 Å². The Balaban J connectivity index is 2.75. The number of nitrogens with zero attached hydrogens (tertiary/aromatic N) is 1. The molecule has 0 saturated carbocycles. The summed E-state index contributed by atoms with van der Waals surface area (Å²) in [5.74, 6) is -3.11. The Hall–Kier alpha value is -3.29. The van der Waals surface area contributed by atoms with E-state index in [0.717, 1.165) is 19.2 Å². The first-order chi connectivity index (χ1) is 11.9. The number of esters is 2. The Morgan fingerprint density at radius 2 is 1.76 bits per heavy atom. The number of methoxy groups -OCH3 is 3. The number of phenolic OH excluding ortho intramolecular Hbond substituents is 1. The highest BCUT2D eigenvalue weighted by molar-refractivity contribution is 6.05. The van der Waals surface area contributed by atoms with Crippen molar-refractivity contribution in [2.75, 3.05) is 26.2 Å². The van der Waals surface area contributed by atoms with Crippen LogP contribution in [0.4, 0.5) is 10.1 Å². The number of hydrogen-bond acceptors (Lipinski definition) is 7. The third kappa shape index (κ3) is 3.47. The minimum atomic E-state index is -0.894. The van der Waals surface area contributed by atoms with E-state index in [1.165, 1.54) is 37.5 Å². The van der Waals surface area contributed by atoms with E-state index >= 15 is 0 Å². The van der Waals surface area contributed by atoms with Crippen molar-refractivity contribution < 1.29 is 33.3 Å². The Labute approximate surface area is 143 Å². The van der Waals surface area contributed by atoms with Crippen LogP contribution in [0.3, 0.4) is 0 Å². The van der Waals surface area contributed by atoms with Crippen molar-refractivity contribution >= 4 is 17.6 Å². The number of anilines is 1. The second-order valence-electron chi connectivity index (χ2n) is 4.79. The summed E-state index contributed by atoms with van der Waals surface area (Å²) in [5, 5.41) is 9.70. The molecule has 25 heavy (non-hydrogen) atoms. The van der Waals surface area contributed by atoms with Crippen LogP contribution in [0.1, 0.15) is 0 Å². The lowest BCUT2D eigenvalue weighted by atomic mass is 10.1. The normalized spacial score (nSPS) is 13.5. The van der Waals surface area contributed by atoms with Crippen molar-refractivity contribution in [3.8, 4) is 11.5 Å². The molecule has 0 aromatic heterocycles. The van der Waals surface area contributed by atoms with Crippen LogP contribution in [0.5, 0.6) is 11.5 Å². The number of halogens is 1. The van der Waals surface area contributed by atoms with Gasteiger partial charge in [-0.25, -0.2) is 14.0 Å². The molecule has 0 saturated heterocycles. The first-order valence-corrected chi connectivity index (χ1v) is 7.06. The van der Waals surface area contributed by atoms with Crippen LogP contribution in [-0.2, 0) is 19.1 Å².